The first kappa shape index (κ1) is 13.3. The predicted molar refractivity (Wildman–Crippen MR) is 77.9 cm³/mol. The molecule has 2 heterocycles. The minimum absolute atomic E-state index is 0.598. The average Bonchev–Trinajstić information content (AvgIpc) is 2.84. The van der Waals surface area contributed by atoms with Crippen molar-refractivity contribution in [1.82, 2.24) is 19.3 Å². The summed E-state index contributed by atoms with van der Waals surface area (Å²) in [6, 6.07) is 0. The summed E-state index contributed by atoms with van der Waals surface area (Å²) < 4.78 is 4.07. The third-order valence-corrected chi connectivity index (χ3v) is 4.33. The second-order valence-corrected chi connectivity index (χ2v) is 5.81. The fourth-order valence-corrected chi connectivity index (χ4v) is 2.45. The van der Waals surface area contributed by atoms with E-state index in [-0.39, 0.29) is 0 Å². The van der Waals surface area contributed by atoms with Crippen molar-refractivity contribution in [1.29, 1.82) is 0 Å². The molecule has 0 fully saturated rings. The lowest BCUT2D eigenvalue weighted by Crippen LogP contribution is -2.11. The maximum atomic E-state index is 6.02. The van der Waals surface area contributed by atoms with E-state index >= 15 is 0 Å². The summed E-state index contributed by atoms with van der Waals surface area (Å²) in [6.07, 6.45) is 3.22. The number of imidazole rings is 1. The molecule has 2 aromatic rings. The van der Waals surface area contributed by atoms with Crippen LogP contribution in [0.15, 0.2) is 0 Å². The highest BCUT2D eigenvalue weighted by molar-refractivity contribution is 7.99. The zero-order valence-electron chi connectivity index (χ0n) is 11.5. The maximum absolute atomic E-state index is 6.02. The molecule has 0 saturated heterocycles. The third kappa shape index (κ3) is 2.21. The molecule has 100 valence electrons. The number of nitrogen functional groups attached to an aromatic ring is 1. The fourth-order valence-electron chi connectivity index (χ4n) is 2.11. The van der Waals surface area contributed by atoms with Crippen LogP contribution in [0.1, 0.15) is 26.0 Å². The molecule has 6 heteroatoms. The SMILES string of the molecule is CCn1nc(C)c2nc(N)n(CCC(C)SC)c21. The van der Waals surface area contributed by atoms with E-state index in [0.717, 1.165) is 36.4 Å². The van der Waals surface area contributed by atoms with Crippen molar-refractivity contribution in [3.63, 3.8) is 0 Å². The number of fused-ring (bicyclic) bond motifs is 1. The molecule has 0 amide bonds. The van der Waals surface area contributed by atoms with Gasteiger partial charge in [0.2, 0.25) is 5.95 Å². The molecule has 0 radical (unpaired) electrons. The van der Waals surface area contributed by atoms with Gasteiger partial charge in [0, 0.05) is 18.3 Å². The molecule has 0 bridgehead atoms. The van der Waals surface area contributed by atoms with Crippen molar-refractivity contribution < 1.29 is 0 Å². The van der Waals surface area contributed by atoms with Crippen molar-refractivity contribution in [2.45, 2.75) is 45.5 Å². The van der Waals surface area contributed by atoms with Crippen molar-refractivity contribution in [2.75, 3.05) is 12.0 Å². The number of hydrogen-bond donors (Lipinski definition) is 1. The Kier molecular flexibility index (Phi) is 3.85. The van der Waals surface area contributed by atoms with Crippen LogP contribution >= 0.6 is 11.8 Å². The van der Waals surface area contributed by atoms with Gasteiger partial charge in [-0.2, -0.15) is 16.9 Å². The quantitative estimate of drug-likeness (QED) is 0.903. The largest absolute Gasteiger partial charge is 0.369 e. The van der Waals surface area contributed by atoms with E-state index in [1.807, 2.05) is 23.4 Å². The summed E-state index contributed by atoms with van der Waals surface area (Å²) in [5.74, 6) is 0.598. The van der Waals surface area contributed by atoms with Crippen molar-refractivity contribution in [2.24, 2.45) is 0 Å². The number of aryl methyl sites for hydroxylation is 3. The Balaban J connectivity index is 2.39. The molecule has 0 aliphatic carbocycles. The number of hydrogen-bond acceptors (Lipinski definition) is 4. The summed E-state index contributed by atoms with van der Waals surface area (Å²) in [5.41, 5.74) is 8.97. The molecular formula is C12H21N5S. The molecular weight excluding hydrogens is 246 g/mol. The number of thioether (sulfide) groups is 1. The Morgan fingerprint density at radius 3 is 2.78 bits per heavy atom. The molecule has 0 aromatic carbocycles. The summed E-state index contributed by atoms with van der Waals surface area (Å²) in [5, 5.41) is 5.12. The number of rotatable bonds is 5. The molecule has 0 spiro atoms. The highest BCUT2D eigenvalue weighted by atomic mass is 32.2. The lowest BCUT2D eigenvalue weighted by Gasteiger charge is -2.11. The number of nitrogens with zero attached hydrogens (tertiary/aromatic N) is 4. The first-order valence-electron chi connectivity index (χ1n) is 6.30. The number of aromatic nitrogens is 4. The summed E-state index contributed by atoms with van der Waals surface area (Å²) >= 11 is 1.88. The van der Waals surface area contributed by atoms with E-state index in [9.17, 15) is 0 Å². The van der Waals surface area contributed by atoms with Gasteiger partial charge < -0.3 is 5.73 Å². The highest BCUT2D eigenvalue weighted by Gasteiger charge is 2.16. The maximum Gasteiger partial charge on any atom is 0.202 e. The molecule has 2 N–H and O–H groups in total. The van der Waals surface area contributed by atoms with Gasteiger partial charge in [0.25, 0.3) is 0 Å². The van der Waals surface area contributed by atoms with Crippen LogP contribution in [0.2, 0.25) is 0 Å². The molecule has 1 unspecified atom stereocenters. The Hall–Kier alpha value is -1.17. The van der Waals surface area contributed by atoms with E-state index in [2.05, 4.69) is 34.8 Å². The molecule has 0 aliphatic heterocycles. The van der Waals surface area contributed by atoms with Crippen LogP contribution in [0.4, 0.5) is 5.95 Å². The smallest absolute Gasteiger partial charge is 0.202 e. The van der Waals surface area contributed by atoms with E-state index < -0.39 is 0 Å². The van der Waals surface area contributed by atoms with Gasteiger partial charge in [0.05, 0.1) is 5.69 Å². The first-order valence-corrected chi connectivity index (χ1v) is 7.59. The first-order chi connectivity index (χ1) is 8.58. The topological polar surface area (TPSA) is 61.7 Å². The number of nitrogens with two attached hydrogens (primary N) is 1. The Bertz CT molecular complexity index is 542. The fraction of sp³-hybridized carbons (Fsp3) is 0.667. The summed E-state index contributed by atoms with van der Waals surface area (Å²) in [4.78, 5) is 4.44. The standard InChI is InChI=1S/C12H21N5S/c1-5-17-11-10(9(3)15-17)14-12(13)16(11)7-6-8(2)18-4/h8H,5-7H2,1-4H3,(H2,13,14). The van der Waals surface area contributed by atoms with Crippen molar-refractivity contribution >= 4 is 28.9 Å². The zero-order chi connectivity index (χ0) is 13.3. The van der Waals surface area contributed by atoms with E-state index in [0.29, 0.717) is 11.2 Å². The van der Waals surface area contributed by atoms with Crippen LogP contribution in [-0.2, 0) is 13.1 Å². The van der Waals surface area contributed by atoms with Gasteiger partial charge in [0.1, 0.15) is 5.52 Å². The normalized spacial score (nSPS) is 13.3. The molecule has 18 heavy (non-hydrogen) atoms. The minimum atomic E-state index is 0.598. The van der Waals surface area contributed by atoms with Crippen LogP contribution < -0.4 is 5.73 Å². The lowest BCUT2D eigenvalue weighted by molar-refractivity contribution is 0.611. The van der Waals surface area contributed by atoms with Gasteiger partial charge in [-0.25, -0.2) is 9.67 Å². The Labute approximate surface area is 112 Å². The molecule has 2 rings (SSSR count). The van der Waals surface area contributed by atoms with Gasteiger partial charge in [-0.15, -0.1) is 0 Å². The third-order valence-electron chi connectivity index (χ3n) is 3.29. The van der Waals surface area contributed by atoms with Gasteiger partial charge >= 0.3 is 0 Å². The van der Waals surface area contributed by atoms with Gasteiger partial charge in [0.15, 0.2) is 5.65 Å². The summed E-state index contributed by atoms with van der Waals surface area (Å²) in [7, 11) is 0. The predicted octanol–water partition coefficient (Wildman–Crippen LogP) is 2.28. The molecule has 0 saturated carbocycles. The molecule has 1 atom stereocenters. The minimum Gasteiger partial charge on any atom is -0.369 e. The monoisotopic (exact) mass is 267 g/mol. The zero-order valence-corrected chi connectivity index (χ0v) is 12.3. The second kappa shape index (κ2) is 5.22. The van der Waals surface area contributed by atoms with E-state index in [4.69, 9.17) is 5.73 Å². The van der Waals surface area contributed by atoms with Crippen molar-refractivity contribution in [3.8, 4) is 0 Å². The second-order valence-electron chi connectivity index (χ2n) is 4.53. The van der Waals surface area contributed by atoms with Gasteiger partial charge in [-0.1, -0.05) is 6.92 Å². The molecule has 5 nitrogen and oxygen atoms in total. The van der Waals surface area contributed by atoms with Crippen LogP contribution in [-0.4, -0.2) is 30.8 Å². The highest BCUT2D eigenvalue weighted by Crippen LogP contribution is 2.22. The average molecular weight is 267 g/mol. The van der Waals surface area contributed by atoms with Crippen LogP contribution in [0, 0.1) is 6.92 Å². The molecule has 0 aliphatic rings. The van der Waals surface area contributed by atoms with Crippen LogP contribution in [0.3, 0.4) is 0 Å². The van der Waals surface area contributed by atoms with Crippen LogP contribution in [0.5, 0.6) is 0 Å². The van der Waals surface area contributed by atoms with Gasteiger partial charge in [-0.3, -0.25) is 4.57 Å². The van der Waals surface area contributed by atoms with Crippen LogP contribution in [0.25, 0.3) is 11.2 Å². The number of anilines is 1. The Morgan fingerprint density at radius 1 is 1.44 bits per heavy atom. The van der Waals surface area contributed by atoms with E-state index in [1.54, 1.807) is 0 Å². The summed E-state index contributed by atoms with van der Waals surface area (Å²) in [6.45, 7) is 8.04. The van der Waals surface area contributed by atoms with Crippen molar-refractivity contribution in [3.05, 3.63) is 5.69 Å². The van der Waals surface area contributed by atoms with Gasteiger partial charge in [-0.05, 0) is 26.5 Å². The lowest BCUT2D eigenvalue weighted by atomic mass is 10.3. The molecule has 2 aromatic heterocycles. The Morgan fingerprint density at radius 2 is 2.17 bits per heavy atom. The van der Waals surface area contributed by atoms with E-state index in [1.165, 1.54) is 0 Å².